The number of carbonyl (C=O) groups is 1. The minimum absolute atomic E-state index is 0.0872. The Labute approximate surface area is 239 Å². The van der Waals surface area contributed by atoms with Crippen molar-refractivity contribution in [1.29, 1.82) is 5.26 Å². The largest absolute Gasteiger partial charge is 0.497 e. The number of fused-ring (bicyclic) bond motifs is 1. The van der Waals surface area contributed by atoms with Crippen LogP contribution in [-0.2, 0) is 27.8 Å². The molecule has 4 aromatic rings. The van der Waals surface area contributed by atoms with Crippen LogP contribution in [0.5, 0.6) is 11.5 Å². The molecular weight excluding hydrogens is 542 g/mol. The first-order chi connectivity index (χ1) is 19.7. The summed E-state index contributed by atoms with van der Waals surface area (Å²) in [5, 5.41) is 20.1. The lowest BCUT2D eigenvalue weighted by molar-refractivity contribution is -0.138. The third kappa shape index (κ3) is 6.69. The van der Waals surface area contributed by atoms with E-state index in [2.05, 4.69) is 22.6 Å². The van der Waals surface area contributed by atoms with Crippen molar-refractivity contribution in [2.75, 3.05) is 13.7 Å². The number of ether oxygens (including phenoxy) is 2. The molecule has 1 aromatic heterocycles. The molecule has 0 aliphatic carbocycles. The molecule has 0 bridgehead atoms. The highest BCUT2D eigenvalue weighted by Crippen LogP contribution is 2.31. The summed E-state index contributed by atoms with van der Waals surface area (Å²) < 4.78 is 41.6. The highest BCUT2D eigenvalue weighted by atomic mass is 32.2. The molecule has 0 unspecified atom stereocenters. The zero-order chi connectivity index (χ0) is 29.6. The van der Waals surface area contributed by atoms with E-state index in [1.165, 1.54) is 24.3 Å². The number of aliphatic carboxylic acids is 1. The fourth-order valence-electron chi connectivity index (χ4n) is 4.59. The van der Waals surface area contributed by atoms with Gasteiger partial charge in [0.05, 0.1) is 23.6 Å². The van der Waals surface area contributed by atoms with Crippen molar-refractivity contribution < 1.29 is 27.8 Å². The molecule has 10 heteroatoms. The Kier molecular flexibility index (Phi) is 8.98. The molecule has 0 radical (unpaired) electrons. The molecule has 0 aliphatic rings. The molecule has 4 rings (SSSR count). The molecule has 0 spiro atoms. The first-order valence-electron chi connectivity index (χ1n) is 12.7. The zero-order valence-electron chi connectivity index (χ0n) is 22.8. The fourth-order valence-corrected chi connectivity index (χ4v) is 5.78. The number of aromatic nitrogens is 1. The SMILES string of the molecule is CC#CCOc1ccc(S(=O)(=O)N[C@@H](Cc2c(C)n(Cc3cccc(C#N)c3)c3ccc(OC)cc23)C(=O)O)cc1. The van der Waals surface area contributed by atoms with Gasteiger partial charge in [-0.25, -0.2) is 8.42 Å². The van der Waals surface area contributed by atoms with E-state index in [9.17, 15) is 23.6 Å². The van der Waals surface area contributed by atoms with Crippen molar-refractivity contribution in [3.8, 4) is 29.4 Å². The van der Waals surface area contributed by atoms with Gasteiger partial charge >= 0.3 is 5.97 Å². The molecule has 0 aliphatic heterocycles. The van der Waals surface area contributed by atoms with Crippen LogP contribution in [0.25, 0.3) is 10.9 Å². The van der Waals surface area contributed by atoms with E-state index in [-0.39, 0.29) is 17.9 Å². The number of hydrogen-bond donors (Lipinski definition) is 2. The van der Waals surface area contributed by atoms with Gasteiger partial charge in [0.15, 0.2) is 0 Å². The Morgan fingerprint density at radius 3 is 2.49 bits per heavy atom. The summed E-state index contributed by atoms with van der Waals surface area (Å²) in [6.45, 7) is 4.16. The van der Waals surface area contributed by atoms with Crippen LogP contribution < -0.4 is 14.2 Å². The summed E-state index contributed by atoms with van der Waals surface area (Å²) in [5.74, 6) is 5.19. The number of hydrogen-bond acceptors (Lipinski definition) is 6. The second kappa shape index (κ2) is 12.6. The van der Waals surface area contributed by atoms with Gasteiger partial charge in [-0.2, -0.15) is 9.98 Å². The van der Waals surface area contributed by atoms with Crippen molar-refractivity contribution in [2.24, 2.45) is 0 Å². The van der Waals surface area contributed by atoms with Gasteiger partial charge in [-0.3, -0.25) is 4.79 Å². The van der Waals surface area contributed by atoms with Crippen LogP contribution in [0.2, 0.25) is 0 Å². The van der Waals surface area contributed by atoms with Crippen molar-refractivity contribution in [3.05, 3.63) is 89.1 Å². The highest BCUT2D eigenvalue weighted by molar-refractivity contribution is 7.89. The number of nitriles is 1. The van der Waals surface area contributed by atoms with Gasteiger partial charge < -0.3 is 19.1 Å². The van der Waals surface area contributed by atoms with Gasteiger partial charge in [-0.1, -0.05) is 18.1 Å². The zero-order valence-corrected chi connectivity index (χ0v) is 23.7. The van der Waals surface area contributed by atoms with Gasteiger partial charge in [-0.05, 0) is 79.6 Å². The molecule has 0 saturated carbocycles. The first kappa shape index (κ1) is 29.2. The van der Waals surface area contributed by atoms with E-state index in [0.29, 0.717) is 29.2 Å². The van der Waals surface area contributed by atoms with Crippen molar-refractivity contribution >= 4 is 26.9 Å². The summed E-state index contributed by atoms with van der Waals surface area (Å²) in [5.41, 5.74) is 3.71. The van der Waals surface area contributed by atoms with Crippen LogP contribution in [0, 0.1) is 30.1 Å². The average molecular weight is 572 g/mol. The maximum absolute atomic E-state index is 13.2. The molecule has 9 nitrogen and oxygen atoms in total. The number of nitrogens with zero attached hydrogens (tertiary/aromatic N) is 2. The molecule has 0 amide bonds. The normalized spacial score (nSPS) is 11.8. The Balaban J connectivity index is 1.67. The molecule has 41 heavy (non-hydrogen) atoms. The number of sulfonamides is 1. The summed E-state index contributed by atoms with van der Waals surface area (Å²) in [7, 11) is -2.63. The number of rotatable bonds is 11. The molecule has 3 aromatic carbocycles. The second-order valence-electron chi connectivity index (χ2n) is 9.25. The smallest absolute Gasteiger partial charge is 0.322 e. The average Bonchev–Trinajstić information content (AvgIpc) is 3.22. The molecule has 2 N–H and O–H groups in total. The van der Waals surface area contributed by atoms with E-state index in [1.54, 1.807) is 26.2 Å². The topological polar surface area (TPSA) is 131 Å². The van der Waals surface area contributed by atoms with Crippen LogP contribution in [0.3, 0.4) is 0 Å². The van der Waals surface area contributed by atoms with Gasteiger partial charge in [0, 0.05) is 29.6 Å². The molecular formula is C31H29N3O6S. The van der Waals surface area contributed by atoms with Gasteiger partial charge in [0.1, 0.15) is 24.1 Å². The lowest BCUT2D eigenvalue weighted by atomic mass is 10.0. The monoisotopic (exact) mass is 571 g/mol. The summed E-state index contributed by atoms with van der Waals surface area (Å²) in [6.07, 6.45) is -0.105. The van der Waals surface area contributed by atoms with Crippen molar-refractivity contribution in [3.63, 3.8) is 0 Å². The number of methoxy groups -OCH3 is 1. The number of carboxylic acid groups (broad SMARTS) is 1. The Morgan fingerprint density at radius 2 is 1.83 bits per heavy atom. The summed E-state index contributed by atoms with van der Waals surface area (Å²) >= 11 is 0. The molecule has 1 atom stereocenters. The quantitative estimate of drug-likeness (QED) is 0.257. The summed E-state index contributed by atoms with van der Waals surface area (Å²) in [6, 6.07) is 19.2. The Bertz CT molecular complexity index is 1790. The Hall–Kier alpha value is -4.77. The Morgan fingerprint density at radius 1 is 1.10 bits per heavy atom. The molecule has 0 saturated heterocycles. The van der Waals surface area contributed by atoms with E-state index in [0.717, 1.165) is 22.2 Å². The lowest BCUT2D eigenvalue weighted by Crippen LogP contribution is -2.42. The maximum Gasteiger partial charge on any atom is 0.322 e. The second-order valence-corrected chi connectivity index (χ2v) is 11.0. The predicted octanol–water partition coefficient (Wildman–Crippen LogP) is 4.25. The third-order valence-corrected chi connectivity index (χ3v) is 8.17. The lowest BCUT2D eigenvalue weighted by Gasteiger charge is -2.16. The van der Waals surface area contributed by atoms with Crippen molar-refractivity contribution in [1.82, 2.24) is 9.29 Å². The van der Waals surface area contributed by atoms with Crippen LogP contribution in [0.1, 0.15) is 29.3 Å². The molecule has 0 fully saturated rings. The van der Waals surface area contributed by atoms with Crippen LogP contribution in [0.4, 0.5) is 0 Å². The van der Waals surface area contributed by atoms with E-state index in [4.69, 9.17) is 9.47 Å². The number of carboxylic acids is 1. The number of nitrogens with one attached hydrogen (secondary N) is 1. The first-order valence-corrected chi connectivity index (χ1v) is 14.2. The fraction of sp³-hybridized carbons (Fsp3) is 0.226. The van der Waals surface area contributed by atoms with E-state index < -0.39 is 22.0 Å². The third-order valence-electron chi connectivity index (χ3n) is 6.68. The minimum Gasteiger partial charge on any atom is -0.497 e. The maximum atomic E-state index is 13.2. The van der Waals surface area contributed by atoms with Gasteiger partial charge in [0.25, 0.3) is 0 Å². The van der Waals surface area contributed by atoms with E-state index in [1.807, 2.05) is 41.8 Å². The van der Waals surface area contributed by atoms with E-state index >= 15 is 0 Å². The van der Waals surface area contributed by atoms with Gasteiger partial charge in [-0.15, -0.1) is 5.92 Å². The highest BCUT2D eigenvalue weighted by Gasteiger charge is 2.28. The predicted molar refractivity (Wildman–Crippen MR) is 154 cm³/mol. The number of benzene rings is 3. The van der Waals surface area contributed by atoms with Crippen LogP contribution in [-0.4, -0.2) is 43.8 Å². The molecule has 210 valence electrons. The van der Waals surface area contributed by atoms with Crippen molar-refractivity contribution in [2.45, 2.75) is 37.8 Å². The summed E-state index contributed by atoms with van der Waals surface area (Å²) in [4.78, 5) is 12.2. The van der Waals surface area contributed by atoms with Crippen LogP contribution >= 0.6 is 0 Å². The van der Waals surface area contributed by atoms with Crippen LogP contribution in [0.15, 0.2) is 71.6 Å². The minimum atomic E-state index is -4.17. The molecule has 1 heterocycles. The van der Waals surface area contributed by atoms with Gasteiger partial charge in [0.2, 0.25) is 10.0 Å². The standard InChI is InChI=1S/C31H29N3O6S/c1-4-5-15-40-24-9-12-26(13-10-24)41(37,38)33-29(31(35)36)18-27-21(2)34(20-23-8-6-7-22(16-23)19-32)30-14-11-25(39-3)17-28(27)30/h6-14,16-17,29,33H,15,18,20H2,1-3H3,(H,35,36)/t29-/m0/s1.